The van der Waals surface area contributed by atoms with Crippen LogP contribution in [0.25, 0.3) is 5.53 Å². The summed E-state index contributed by atoms with van der Waals surface area (Å²) in [6.45, 7) is 0. The molecule has 0 bridgehead atoms. The van der Waals surface area contributed by atoms with Crippen LogP contribution < -0.4 is 5.32 Å². The number of esters is 1. The van der Waals surface area contributed by atoms with Crippen LogP contribution in [-0.4, -0.2) is 63.3 Å². The SMILES string of the molecule is [N-]=[N+]=C1C(OC(=O)CC[C@H](NC(=O)CCl)C(=O)O)=CC(S(=O)(=O)O)c2c1cccc2[N+](=O)[O-]. The van der Waals surface area contributed by atoms with Crippen LogP contribution in [0.5, 0.6) is 0 Å². The number of carboxylic acid groups (broad SMARTS) is 1. The number of carbonyl (C=O) groups excluding carboxylic acids is 2. The number of nitro benzene ring substituents is 1. The van der Waals surface area contributed by atoms with Gasteiger partial charge in [0.2, 0.25) is 11.7 Å². The summed E-state index contributed by atoms with van der Waals surface area (Å²) in [6, 6.07) is 1.80. The second kappa shape index (κ2) is 10.3. The van der Waals surface area contributed by atoms with Gasteiger partial charge < -0.3 is 20.7 Å². The van der Waals surface area contributed by atoms with Crippen molar-refractivity contribution in [2.75, 3.05) is 5.88 Å². The predicted molar refractivity (Wildman–Crippen MR) is 109 cm³/mol. The zero-order valence-corrected chi connectivity index (χ0v) is 17.9. The van der Waals surface area contributed by atoms with Gasteiger partial charge in [-0.15, -0.1) is 11.6 Å². The fraction of sp³-hybridized carbons (Fsp3) is 0.294. The maximum atomic E-state index is 12.2. The average molecular weight is 503 g/mol. The van der Waals surface area contributed by atoms with Crippen LogP contribution in [0.4, 0.5) is 5.69 Å². The van der Waals surface area contributed by atoms with E-state index in [0.717, 1.165) is 18.2 Å². The van der Waals surface area contributed by atoms with Gasteiger partial charge in [0.15, 0.2) is 0 Å². The number of hydrogen-bond donors (Lipinski definition) is 3. The first kappa shape index (κ1) is 25.6. The molecule has 3 N–H and O–H groups in total. The summed E-state index contributed by atoms with van der Waals surface area (Å²) in [5, 5.41) is 20.5. The molecule has 0 aliphatic heterocycles. The molecule has 0 heterocycles. The van der Waals surface area contributed by atoms with E-state index in [0.29, 0.717) is 6.08 Å². The predicted octanol–water partition coefficient (Wildman–Crippen LogP) is 0.572. The lowest BCUT2D eigenvalue weighted by molar-refractivity contribution is -0.385. The number of benzene rings is 1. The van der Waals surface area contributed by atoms with Crippen LogP contribution in [0.2, 0.25) is 0 Å². The fourth-order valence-corrected chi connectivity index (χ4v) is 3.92. The Kier molecular flexibility index (Phi) is 8.00. The van der Waals surface area contributed by atoms with Crippen molar-refractivity contribution in [3.8, 4) is 0 Å². The average Bonchev–Trinajstić information content (AvgIpc) is 2.74. The van der Waals surface area contributed by atoms with E-state index in [-0.39, 0.29) is 5.56 Å². The summed E-state index contributed by atoms with van der Waals surface area (Å²) in [6.07, 6.45) is -0.380. The Balaban J connectivity index is 2.37. The first-order valence-corrected chi connectivity index (χ1v) is 10.9. The van der Waals surface area contributed by atoms with E-state index < -0.39 is 85.6 Å². The third kappa shape index (κ3) is 5.98. The number of ether oxygens (including phenoxy) is 1. The smallest absolute Gasteiger partial charge is 0.364 e. The Morgan fingerprint density at radius 1 is 1.36 bits per heavy atom. The number of halogens is 1. The van der Waals surface area contributed by atoms with Gasteiger partial charge in [0.05, 0.1) is 16.1 Å². The maximum absolute atomic E-state index is 12.2. The standard InChI is InChI=1S/C17H15ClN4O10S/c18-7-13(23)20-9(17(25)26)4-5-14(24)32-11-6-12(33(29,30)31)15-8(16(11)21-19)2-1-3-10(15)22(27)28/h1-3,6,9,12H,4-5,7H2,(H,20,23)(H,25,26)(H,29,30,31)/t9-,12?/m0/s1. The molecule has 0 spiro atoms. The van der Waals surface area contributed by atoms with Crippen molar-refractivity contribution in [3.63, 3.8) is 0 Å². The number of amides is 1. The molecule has 1 aliphatic carbocycles. The molecular weight excluding hydrogens is 488 g/mol. The van der Waals surface area contributed by atoms with Crippen LogP contribution in [0.1, 0.15) is 29.2 Å². The number of carbonyl (C=O) groups is 3. The van der Waals surface area contributed by atoms with E-state index in [1.807, 2.05) is 0 Å². The molecule has 14 nitrogen and oxygen atoms in total. The van der Waals surface area contributed by atoms with E-state index in [2.05, 4.69) is 10.1 Å². The number of nitro groups is 1. The van der Waals surface area contributed by atoms with Crippen molar-refractivity contribution >= 4 is 51.0 Å². The first-order valence-electron chi connectivity index (χ1n) is 8.87. The van der Waals surface area contributed by atoms with Crippen LogP contribution in [-0.2, 0) is 29.2 Å². The third-order valence-electron chi connectivity index (χ3n) is 4.39. The Hall–Kier alpha value is -3.65. The number of rotatable bonds is 9. The quantitative estimate of drug-likeness (QED) is 0.0808. The van der Waals surface area contributed by atoms with Crippen LogP contribution in [0.15, 0.2) is 30.0 Å². The maximum Gasteiger partial charge on any atom is 0.364 e. The van der Waals surface area contributed by atoms with Gasteiger partial charge in [-0.3, -0.25) is 24.3 Å². The highest BCUT2D eigenvalue weighted by Gasteiger charge is 2.43. The fourth-order valence-electron chi connectivity index (χ4n) is 3.00. The first-order chi connectivity index (χ1) is 15.4. The van der Waals surface area contributed by atoms with Crippen molar-refractivity contribution in [2.45, 2.75) is 24.1 Å². The number of hydrogen-bond acceptors (Lipinski definition) is 8. The normalized spacial score (nSPS) is 16.0. The van der Waals surface area contributed by atoms with E-state index in [1.54, 1.807) is 0 Å². The number of alkyl halides is 1. The van der Waals surface area contributed by atoms with Gasteiger partial charge in [-0.05, 0) is 18.6 Å². The van der Waals surface area contributed by atoms with E-state index in [4.69, 9.17) is 21.4 Å². The summed E-state index contributed by atoms with van der Waals surface area (Å²) >= 11 is 5.29. The molecule has 0 aromatic heterocycles. The number of allylic oxidation sites excluding steroid dienone is 1. The lowest BCUT2D eigenvalue weighted by Gasteiger charge is -2.19. The topological polar surface area (TPSA) is 227 Å². The second-order valence-corrected chi connectivity index (χ2v) is 8.32. The molecule has 1 unspecified atom stereocenters. The van der Waals surface area contributed by atoms with Crippen molar-refractivity contribution in [3.05, 3.63) is 56.8 Å². The third-order valence-corrected chi connectivity index (χ3v) is 5.65. The number of aliphatic carboxylic acids is 1. The van der Waals surface area contributed by atoms with Crippen LogP contribution >= 0.6 is 11.6 Å². The molecule has 0 saturated heterocycles. The van der Waals surface area contributed by atoms with Crippen LogP contribution in [0, 0.1) is 10.1 Å². The molecule has 1 amide bonds. The molecule has 2 rings (SSSR count). The molecule has 33 heavy (non-hydrogen) atoms. The molecule has 0 radical (unpaired) electrons. The molecular formula is C17H15ClN4O10S. The van der Waals surface area contributed by atoms with Gasteiger partial charge in [0.25, 0.3) is 15.8 Å². The number of fused-ring (bicyclic) bond motifs is 1. The highest BCUT2D eigenvalue weighted by Crippen LogP contribution is 2.39. The summed E-state index contributed by atoms with van der Waals surface area (Å²) < 4.78 is 38.4. The number of nitrogens with zero attached hydrogens (tertiary/aromatic N) is 3. The van der Waals surface area contributed by atoms with E-state index in [1.165, 1.54) is 0 Å². The van der Waals surface area contributed by atoms with Crippen molar-refractivity contribution < 1.29 is 46.9 Å². The molecule has 0 fully saturated rings. The largest absolute Gasteiger partial charge is 0.480 e. The van der Waals surface area contributed by atoms with Gasteiger partial charge in [0.1, 0.15) is 17.2 Å². The summed E-state index contributed by atoms with van der Waals surface area (Å²) in [5.74, 6) is -4.52. The molecule has 1 aromatic carbocycles. The molecule has 0 saturated carbocycles. The minimum atomic E-state index is -5.00. The van der Waals surface area contributed by atoms with Crippen molar-refractivity contribution in [1.29, 1.82) is 0 Å². The van der Waals surface area contributed by atoms with Gasteiger partial charge >= 0.3 is 17.7 Å². The van der Waals surface area contributed by atoms with Gasteiger partial charge in [-0.1, -0.05) is 6.07 Å². The van der Waals surface area contributed by atoms with E-state index in [9.17, 15) is 43.0 Å². The Labute approximate surface area is 190 Å². The van der Waals surface area contributed by atoms with Gasteiger partial charge in [-0.2, -0.15) is 13.2 Å². The Morgan fingerprint density at radius 3 is 2.55 bits per heavy atom. The van der Waals surface area contributed by atoms with Gasteiger partial charge in [0, 0.05) is 12.5 Å². The Morgan fingerprint density at radius 2 is 2.03 bits per heavy atom. The molecule has 176 valence electrons. The highest BCUT2D eigenvalue weighted by molar-refractivity contribution is 7.86. The lowest BCUT2D eigenvalue weighted by Crippen LogP contribution is -2.41. The molecule has 2 atom stereocenters. The van der Waals surface area contributed by atoms with Gasteiger partial charge in [-0.25, -0.2) is 4.79 Å². The monoisotopic (exact) mass is 502 g/mol. The highest BCUT2D eigenvalue weighted by atomic mass is 35.5. The van der Waals surface area contributed by atoms with Crippen LogP contribution in [0.3, 0.4) is 0 Å². The summed E-state index contributed by atoms with van der Waals surface area (Å²) in [5.41, 5.74) is 7.36. The number of nitrogens with one attached hydrogen (secondary N) is 1. The summed E-state index contributed by atoms with van der Waals surface area (Å²) in [4.78, 5) is 48.1. The number of carboxylic acids is 1. The molecule has 16 heteroatoms. The van der Waals surface area contributed by atoms with E-state index >= 15 is 0 Å². The zero-order chi connectivity index (χ0) is 24.9. The minimum Gasteiger partial charge on any atom is -0.480 e. The lowest BCUT2D eigenvalue weighted by atomic mass is 9.92. The van der Waals surface area contributed by atoms with Crippen molar-refractivity contribution in [1.82, 2.24) is 5.32 Å². The molecule has 1 aromatic rings. The van der Waals surface area contributed by atoms with Crippen molar-refractivity contribution in [2.24, 2.45) is 0 Å². The zero-order valence-electron chi connectivity index (χ0n) is 16.4. The minimum absolute atomic E-state index is 0.294. The second-order valence-electron chi connectivity index (χ2n) is 6.52. The summed E-state index contributed by atoms with van der Waals surface area (Å²) in [7, 11) is -5.00. The molecule has 1 aliphatic rings. The Bertz CT molecular complexity index is 1210.